The molecule has 220 valence electrons. The number of aliphatic imine (C=N–C) groups is 1. The molecule has 2 atom stereocenters. The molecule has 0 saturated carbocycles. The number of benzene rings is 1. The fraction of sp³-hybridized carbons (Fsp3) is 0.267. The van der Waals surface area contributed by atoms with Gasteiger partial charge in [0.2, 0.25) is 0 Å². The number of nitrogens with zero attached hydrogens (tertiary/aromatic N) is 7. The molecule has 6 heterocycles. The zero-order valence-corrected chi connectivity index (χ0v) is 24.0. The van der Waals surface area contributed by atoms with Crippen LogP contribution in [0.3, 0.4) is 0 Å². The number of aromatic nitrogens is 3. The van der Waals surface area contributed by atoms with Crippen molar-refractivity contribution in [3.05, 3.63) is 83.9 Å². The highest BCUT2D eigenvalue weighted by Gasteiger charge is 2.45. The first kappa shape index (κ1) is 28.4. The van der Waals surface area contributed by atoms with Crippen LogP contribution in [0.1, 0.15) is 23.1 Å². The van der Waals surface area contributed by atoms with Crippen molar-refractivity contribution >= 4 is 33.0 Å². The SMILES string of the molecule is CS(=O)(=O)c1ccccc1CN1C2CC1CN(c1ccc(-c3cc(C(C=NC(F)F)=CN)cn4ncc(C#N)c34)cn1)C2. The summed E-state index contributed by atoms with van der Waals surface area (Å²) in [6.45, 7) is -0.766. The van der Waals surface area contributed by atoms with E-state index in [9.17, 15) is 22.5 Å². The number of hydrogen-bond acceptors (Lipinski definition) is 9. The van der Waals surface area contributed by atoms with Gasteiger partial charge < -0.3 is 10.6 Å². The van der Waals surface area contributed by atoms with Crippen LogP contribution in [0.25, 0.3) is 22.2 Å². The summed E-state index contributed by atoms with van der Waals surface area (Å²) in [5.41, 5.74) is 9.60. The summed E-state index contributed by atoms with van der Waals surface area (Å²) in [5.74, 6) is 0.808. The maximum atomic E-state index is 12.7. The van der Waals surface area contributed by atoms with Gasteiger partial charge in [-0.15, -0.1) is 0 Å². The summed E-state index contributed by atoms with van der Waals surface area (Å²) in [7, 11) is -3.31. The molecule has 2 unspecified atom stereocenters. The lowest BCUT2D eigenvalue weighted by atomic mass is 9.86. The van der Waals surface area contributed by atoms with Crippen LogP contribution in [0.2, 0.25) is 0 Å². The molecular formula is C30H28F2N8O2S. The molecule has 0 spiro atoms. The standard InChI is InChI=1S/C30H28F2N8O2S/c1-43(41,42)27-5-3-2-4-20(27)15-39-24-9-25(39)18-38(17-24)28-7-6-19(12-35-28)26-8-21(22(10-33)13-36-30(31)32)16-40-29(26)23(11-34)14-37-40/h2-8,10,12-14,16,24-25,30H,9,15,17-18,33H2,1H3. The molecule has 3 aliphatic heterocycles. The maximum absolute atomic E-state index is 12.7. The molecule has 0 amide bonds. The second-order valence-electron chi connectivity index (χ2n) is 10.7. The summed E-state index contributed by atoms with van der Waals surface area (Å²) in [4.78, 5) is 12.9. The third-order valence-electron chi connectivity index (χ3n) is 8.02. The van der Waals surface area contributed by atoms with E-state index < -0.39 is 16.4 Å². The highest BCUT2D eigenvalue weighted by atomic mass is 32.2. The largest absolute Gasteiger partial charge is 0.404 e. The van der Waals surface area contributed by atoms with Crippen LogP contribution in [0.15, 0.2) is 77.1 Å². The van der Waals surface area contributed by atoms with Gasteiger partial charge in [0.25, 0.3) is 0 Å². The highest BCUT2D eigenvalue weighted by Crippen LogP contribution is 2.37. The van der Waals surface area contributed by atoms with Crippen molar-refractivity contribution in [3.63, 3.8) is 0 Å². The zero-order chi connectivity index (χ0) is 30.3. The minimum absolute atomic E-state index is 0.276. The van der Waals surface area contributed by atoms with Gasteiger partial charge in [0.15, 0.2) is 9.84 Å². The average molecular weight is 603 g/mol. The van der Waals surface area contributed by atoms with Crippen molar-refractivity contribution in [1.29, 1.82) is 5.26 Å². The zero-order valence-electron chi connectivity index (χ0n) is 23.2. The minimum atomic E-state index is -3.31. The third-order valence-corrected chi connectivity index (χ3v) is 9.22. The number of nitriles is 1. The van der Waals surface area contributed by atoms with Crippen molar-refractivity contribution in [2.24, 2.45) is 10.7 Å². The molecule has 3 aliphatic rings. The van der Waals surface area contributed by atoms with Gasteiger partial charge in [-0.3, -0.25) is 4.90 Å². The Hall–Kier alpha value is -4.67. The maximum Gasteiger partial charge on any atom is 0.331 e. The quantitative estimate of drug-likeness (QED) is 0.238. The number of allylic oxidation sites excluding steroid dienone is 1. The van der Waals surface area contributed by atoms with Gasteiger partial charge in [-0.2, -0.15) is 19.1 Å². The van der Waals surface area contributed by atoms with Gasteiger partial charge in [-0.1, -0.05) is 18.2 Å². The van der Waals surface area contributed by atoms with Gasteiger partial charge in [-0.25, -0.2) is 22.9 Å². The van der Waals surface area contributed by atoms with E-state index in [0.717, 1.165) is 42.7 Å². The van der Waals surface area contributed by atoms with E-state index in [1.165, 1.54) is 23.2 Å². The lowest BCUT2D eigenvalue weighted by molar-refractivity contribution is -0.00931. The van der Waals surface area contributed by atoms with Gasteiger partial charge in [0.05, 0.1) is 22.2 Å². The number of hydrogen-bond donors (Lipinski definition) is 1. The molecule has 3 saturated heterocycles. The normalized spacial score (nSPS) is 19.2. The number of fused-ring (bicyclic) bond motifs is 3. The van der Waals surface area contributed by atoms with Gasteiger partial charge in [0.1, 0.15) is 11.9 Å². The third kappa shape index (κ3) is 5.47. The molecule has 43 heavy (non-hydrogen) atoms. The van der Waals surface area contributed by atoms with Crippen LogP contribution in [-0.2, 0) is 16.4 Å². The molecule has 13 heteroatoms. The Labute approximate surface area is 247 Å². The van der Waals surface area contributed by atoms with E-state index in [4.69, 9.17) is 10.7 Å². The Bertz CT molecular complexity index is 1890. The number of pyridine rings is 2. The van der Waals surface area contributed by atoms with Crippen molar-refractivity contribution in [3.8, 4) is 17.2 Å². The predicted octanol–water partition coefficient (Wildman–Crippen LogP) is 3.73. The fourth-order valence-corrected chi connectivity index (χ4v) is 6.92. The van der Waals surface area contributed by atoms with Crippen molar-refractivity contribution in [1.82, 2.24) is 19.5 Å². The molecule has 2 N–H and O–H groups in total. The van der Waals surface area contributed by atoms with E-state index in [2.05, 4.69) is 26.0 Å². The Balaban J connectivity index is 1.24. The van der Waals surface area contributed by atoms with Crippen LogP contribution in [0.4, 0.5) is 14.6 Å². The first-order valence-corrected chi connectivity index (χ1v) is 15.5. The number of anilines is 1. The Morgan fingerprint density at radius 1 is 1.21 bits per heavy atom. The Morgan fingerprint density at radius 3 is 2.63 bits per heavy atom. The van der Waals surface area contributed by atoms with Crippen LogP contribution in [-0.4, -0.2) is 72.1 Å². The molecule has 4 aromatic rings. The van der Waals surface area contributed by atoms with E-state index in [1.807, 2.05) is 24.3 Å². The molecule has 10 nitrogen and oxygen atoms in total. The van der Waals surface area contributed by atoms with Crippen LogP contribution < -0.4 is 10.6 Å². The molecule has 1 aromatic carbocycles. The van der Waals surface area contributed by atoms with E-state index in [-0.39, 0.29) is 17.7 Å². The lowest BCUT2D eigenvalue weighted by Gasteiger charge is -2.56. The number of piperazine rings is 1. The summed E-state index contributed by atoms with van der Waals surface area (Å²) < 4.78 is 51.5. The lowest BCUT2D eigenvalue weighted by Crippen LogP contribution is -2.68. The molecule has 2 bridgehead atoms. The van der Waals surface area contributed by atoms with Gasteiger partial charge in [-0.05, 0) is 36.2 Å². The number of piperidine rings is 1. The van der Waals surface area contributed by atoms with Crippen molar-refractivity contribution < 1.29 is 17.2 Å². The number of halogens is 2. The van der Waals surface area contributed by atoms with E-state index in [1.54, 1.807) is 30.6 Å². The molecular weight excluding hydrogens is 574 g/mol. The molecule has 0 radical (unpaired) electrons. The summed E-state index contributed by atoms with van der Waals surface area (Å²) in [6.07, 6.45) is 9.27. The fourth-order valence-electron chi connectivity index (χ4n) is 5.99. The molecule has 0 aliphatic carbocycles. The molecule has 3 aromatic heterocycles. The highest BCUT2D eigenvalue weighted by molar-refractivity contribution is 7.90. The van der Waals surface area contributed by atoms with E-state index in [0.29, 0.717) is 33.6 Å². The summed E-state index contributed by atoms with van der Waals surface area (Å²) in [6, 6.07) is 15.5. The Morgan fingerprint density at radius 2 is 1.98 bits per heavy atom. The summed E-state index contributed by atoms with van der Waals surface area (Å²) >= 11 is 0. The number of sulfone groups is 1. The van der Waals surface area contributed by atoms with Crippen LogP contribution >= 0.6 is 0 Å². The average Bonchev–Trinajstić information content (AvgIpc) is 3.43. The second-order valence-corrected chi connectivity index (χ2v) is 12.7. The predicted molar refractivity (Wildman–Crippen MR) is 159 cm³/mol. The van der Waals surface area contributed by atoms with Crippen molar-refractivity contribution in [2.45, 2.75) is 36.5 Å². The van der Waals surface area contributed by atoms with Crippen molar-refractivity contribution in [2.75, 3.05) is 24.2 Å². The van der Waals surface area contributed by atoms with Gasteiger partial charge >= 0.3 is 6.55 Å². The molecule has 3 fully saturated rings. The topological polar surface area (TPSA) is 133 Å². The van der Waals surface area contributed by atoms with Crippen LogP contribution in [0.5, 0.6) is 0 Å². The second kappa shape index (κ2) is 11.2. The number of alkyl halides is 2. The molecule has 7 rings (SSSR count). The Kier molecular flexibility index (Phi) is 7.41. The van der Waals surface area contributed by atoms with Crippen LogP contribution in [0, 0.1) is 11.3 Å². The summed E-state index contributed by atoms with van der Waals surface area (Å²) in [5, 5.41) is 14.0. The smallest absolute Gasteiger partial charge is 0.331 e. The minimum Gasteiger partial charge on any atom is -0.404 e. The first-order valence-electron chi connectivity index (χ1n) is 13.6. The monoisotopic (exact) mass is 602 g/mol. The van der Waals surface area contributed by atoms with E-state index >= 15 is 0 Å². The van der Waals surface area contributed by atoms with Gasteiger partial charge in [0, 0.05) is 85.0 Å². The first-order chi connectivity index (χ1) is 20.7. The number of nitrogens with two attached hydrogens (primary N) is 1. The number of rotatable bonds is 8.